The molecule has 7 nitrogen and oxygen atoms in total. The fraction of sp³-hybridized carbons (Fsp3) is 0.148. The Morgan fingerprint density at radius 1 is 1.06 bits per heavy atom. The van der Waals surface area contributed by atoms with Gasteiger partial charge in [-0.05, 0) is 49.4 Å². The summed E-state index contributed by atoms with van der Waals surface area (Å²) in [6, 6.07) is 14.6. The summed E-state index contributed by atoms with van der Waals surface area (Å²) >= 11 is 6.03. The minimum Gasteiger partial charge on any atom is -0.481 e. The lowest BCUT2D eigenvalue weighted by Gasteiger charge is -2.14. The lowest BCUT2D eigenvalue weighted by molar-refractivity contribution is -0.136. The van der Waals surface area contributed by atoms with E-state index in [1.807, 2.05) is 12.1 Å². The van der Waals surface area contributed by atoms with E-state index in [0.29, 0.717) is 45.1 Å². The maximum Gasteiger partial charge on any atom is 0.307 e. The Morgan fingerprint density at radius 3 is 2.53 bits per heavy atom. The van der Waals surface area contributed by atoms with Crippen molar-refractivity contribution in [2.24, 2.45) is 0 Å². The van der Waals surface area contributed by atoms with E-state index in [9.17, 15) is 14.0 Å². The summed E-state index contributed by atoms with van der Waals surface area (Å²) in [5.41, 5.74) is 4.14. The Kier molecular flexibility index (Phi) is 7.65. The number of hydrogen-bond donors (Lipinski definition) is 2. The first-order chi connectivity index (χ1) is 17.3. The number of carboxylic acids is 1. The van der Waals surface area contributed by atoms with Crippen LogP contribution in [0.2, 0.25) is 5.02 Å². The first-order valence-electron chi connectivity index (χ1n) is 11.2. The Labute approximate surface area is 211 Å². The third kappa shape index (κ3) is 6.09. The van der Waals surface area contributed by atoms with E-state index in [2.05, 4.69) is 10.3 Å². The van der Waals surface area contributed by atoms with Gasteiger partial charge in [0.2, 0.25) is 0 Å². The molecule has 0 aliphatic carbocycles. The molecule has 2 aromatic heterocycles. The topological polar surface area (TPSA) is 105 Å². The molecule has 9 heteroatoms. The number of carbonyl (C=O) groups excluding carboxylic acids is 1. The van der Waals surface area contributed by atoms with Crippen LogP contribution in [0.3, 0.4) is 0 Å². The van der Waals surface area contributed by atoms with Crippen molar-refractivity contribution in [3.8, 4) is 11.3 Å². The van der Waals surface area contributed by atoms with Gasteiger partial charge in [-0.15, -0.1) is 0 Å². The van der Waals surface area contributed by atoms with Crippen molar-refractivity contribution in [2.45, 2.75) is 25.8 Å². The van der Waals surface area contributed by atoms with Crippen LogP contribution in [-0.2, 0) is 11.2 Å². The molecule has 2 aromatic carbocycles. The summed E-state index contributed by atoms with van der Waals surface area (Å²) < 4.78 is 13.1. The lowest BCUT2D eigenvalue weighted by Crippen LogP contribution is -2.27. The number of rotatable bonds is 8. The first kappa shape index (κ1) is 24.9. The predicted octanol–water partition coefficient (Wildman–Crippen LogP) is 5.55. The zero-order valence-corrected chi connectivity index (χ0v) is 20.0. The highest BCUT2D eigenvalue weighted by Gasteiger charge is 2.16. The Morgan fingerprint density at radius 2 is 1.83 bits per heavy atom. The van der Waals surface area contributed by atoms with E-state index in [4.69, 9.17) is 26.7 Å². The number of hydrogen-bond acceptors (Lipinski definition) is 5. The van der Waals surface area contributed by atoms with Crippen LogP contribution in [0.5, 0.6) is 0 Å². The fourth-order valence-corrected chi connectivity index (χ4v) is 3.72. The molecule has 0 spiro atoms. The summed E-state index contributed by atoms with van der Waals surface area (Å²) in [5.74, 6) is -1.70. The second-order valence-electron chi connectivity index (χ2n) is 8.10. The summed E-state index contributed by atoms with van der Waals surface area (Å²) in [6.45, 7) is 1.76. The van der Waals surface area contributed by atoms with Crippen molar-refractivity contribution in [3.63, 3.8) is 0 Å². The van der Waals surface area contributed by atoms with Gasteiger partial charge in [0.25, 0.3) is 5.91 Å². The van der Waals surface area contributed by atoms with E-state index in [-0.39, 0.29) is 12.3 Å². The van der Waals surface area contributed by atoms with Gasteiger partial charge in [0.05, 0.1) is 46.8 Å². The van der Waals surface area contributed by atoms with Crippen molar-refractivity contribution in [1.82, 2.24) is 20.3 Å². The number of aliphatic carboxylic acids is 1. The van der Waals surface area contributed by atoms with Crippen LogP contribution in [0, 0.1) is 5.82 Å². The average molecular weight is 505 g/mol. The van der Waals surface area contributed by atoms with Gasteiger partial charge in [0.15, 0.2) is 0 Å². The van der Waals surface area contributed by atoms with Crippen LogP contribution in [0.15, 0.2) is 72.9 Å². The number of amides is 1. The van der Waals surface area contributed by atoms with E-state index in [1.54, 1.807) is 49.4 Å². The maximum absolute atomic E-state index is 13.1. The van der Waals surface area contributed by atoms with Crippen LogP contribution in [-0.4, -0.2) is 31.9 Å². The Balaban J connectivity index is 1.65. The molecule has 0 bridgehead atoms. The van der Waals surface area contributed by atoms with Gasteiger partial charge in [-0.3, -0.25) is 14.6 Å². The molecule has 2 heterocycles. The number of pyridine rings is 1. The van der Waals surface area contributed by atoms with Crippen molar-refractivity contribution in [2.75, 3.05) is 0 Å². The average Bonchev–Trinajstić information content (AvgIpc) is 2.86. The normalized spacial score (nSPS) is 12.1. The highest BCUT2D eigenvalue weighted by atomic mass is 35.5. The second kappa shape index (κ2) is 11.0. The molecule has 182 valence electrons. The smallest absolute Gasteiger partial charge is 0.307 e. The van der Waals surface area contributed by atoms with Crippen molar-refractivity contribution < 1.29 is 19.1 Å². The zero-order chi connectivity index (χ0) is 25.7. The lowest BCUT2D eigenvalue weighted by atomic mass is 10.1. The number of allylic oxidation sites excluding steroid dienone is 1. The number of nitrogens with one attached hydrogen (secondary N) is 1. The monoisotopic (exact) mass is 504 g/mol. The van der Waals surface area contributed by atoms with Crippen LogP contribution >= 0.6 is 11.6 Å². The molecule has 1 amide bonds. The van der Waals surface area contributed by atoms with Gasteiger partial charge in [-0.25, -0.2) is 14.4 Å². The number of benzene rings is 2. The van der Waals surface area contributed by atoms with Crippen molar-refractivity contribution >= 4 is 34.5 Å². The van der Waals surface area contributed by atoms with Gasteiger partial charge in [0, 0.05) is 22.6 Å². The maximum atomic E-state index is 13.1. The van der Waals surface area contributed by atoms with E-state index in [0.717, 1.165) is 11.8 Å². The van der Waals surface area contributed by atoms with Gasteiger partial charge in [-0.2, -0.15) is 0 Å². The molecule has 4 aromatic rings. The van der Waals surface area contributed by atoms with Crippen LogP contribution in [0.25, 0.3) is 22.3 Å². The number of nitrogens with zero attached hydrogens (tertiary/aromatic N) is 3. The molecule has 0 fully saturated rings. The molecule has 0 aliphatic heterocycles. The summed E-state index contributed by atoms with van der Waals surface area (Å²) in [5, 5.41) is 12.3. The number of carbonyl (C=O) groups is 2. The first-order valence-corrected chi connectivity index (χ1v) is 11.5. The predicted molar refractivity (Wildman–Crippen MR) is 135 cm³/mol. The number of halogens is 2. The Bertz CT molecular complexity index is 1440. The van der Waals surface area contributed by atoms with E-state index < -0.39 is 17.8 Å². The highest BCUT2D eigenvalue weighted by Crippen LogP contribution is 2.26. The zero-order valence-electron chi connectivity index (χ0n) is 19.3. The second-order valence-corrected chi connectivity index (χ2v) is 8.54. The minimum absolute atomic E-state index is 0.0945. The molecule has 0 unspecified atom stereocenters. The molecular weight excluding hydrogens is 483 g/mol. The van der Waals surface area contributed by atoms with Crippen molar-refractivity contribution in [1.29, 1.82) is 0 Å². The van der Waals surface area contributed by atoms with E-state index >= 15 is 0 Å². The third-order valence-corrected chi connectivity index (χ3v) is 5.68. The van der Waals surface area contributed by atoms with Gasteiger partial charge >= 0.3 is 5.97 Å². The molecule has 0 radical (unpaired) electrons. The molecule has 0 saturated heterocycles. The molecule has 0 saturated carbocycles. The number of carboxylic acid groups (broad SMARTS) is 1. The van der Waals surface area contributed by atoms with Crippen molar-refractivity contribution in [3.05, 3.63) is 101 Å². The quantitative estimate of drug-likeness (QED) is 0.305. The fourth-order valence-electron chi connectivity index (χ4n) is 3.59. The van der Waals surface area contributed by atoms with E-state index in [1.165, 1.54) is 12.1 Å². The molecule has 4 rings (SSSR count). The third-order valence-electron chi connectivity index (χ3n) is 5.43. The minimum atomic E-state index is -0.922. The highest BCUT2D eigenvalue weighted by molar-refractivity contribution is 6.30. The van der Waals surface area contributed by atoms with Gasteiger partial charge in [0.1, 0.15) is 5.82 Å². The largest absolute Gasteiger partial charge is 0.481 e. The molecule has 36 heavy (non-hydrogen) atoms. The molecule has 0 aliphatic rings. The summed E-state index contributed by atoms with van der Waals surface area (Å²) in [7, 11) is 0. The molecule has 1 atom stereocenters. The van der Waals surface area contributed by atoms with Gasteiger partial charge in [-0.1, -0.05) is 35.9 Å². The number of fused-ring (bicyclic) bond motifs is 1. The Hall–Kier alpha value is -4.17. The summed E-state index contributed by atoms with van der Waals surface area (Å²) in [6.07, 6.45) is 4.67. The van der Waals surface area contributed by atoms with Crippen LogP contribution in [0.4, 0.5) is 4.39 Å². The number of aromatic nitrogens is 3. The standard InChI is InChI=1S/C27H22ClFN4O3/c1-16(21-13-11-20(29)15-30-21)31-27(36)18-8-12-22-24(14-18)32-23(4-2-3-5-25(34)35)26(33-22)17-6-9-19(28)10-7-17/h2-3,6-16H,4-5H2,1H3,(H,31,36)(H,34,35)/b3-2+/t16-/m0/s1. The van der Waals surface area contributed by atoms with Gasteiger partial charge < -0.3 is 10.4 Å². The molecule has 2 N–H and O–H groups in total. The molecular formula is C27H22ClFN4O3. The summed E-state index contributed by atoms with van der Waals surface area (Å²) in [4.78, 5) is 37.3. The SMILES string of the molecule is C[C@H](NC(=O)c1ccc2nc(-c3ccc(Cl)cc3)c(C/C=C/CC(=O)O)nc2c1)c1ccc(F)cn1. The van der Waals surface area contributed by atoms with Crippen LogP contribution in [0.1, 0.15) is 41.1 Å². The van der Waals surface area contributed by atoms with Crippen LogP contribution < -0.4 is 5.32 Å².